The molecule has 1 aromatic carbocycles. The lowest BCUT2D eigenvalue weighted by atomic mass is 10.1. The van der Waals surface area contributed by atoms with Gasteiger partial charge in [0.05, 0.1) is 10.0 Å². The number of hydrazine groups is 1. The fraction of sp³-hybridized carbons (Fsp3) is 0.250. The number of hydrogen-bond donors (Lipinski definition) is 2. The second-order valence-corrected chi connectivity index (χ2v) is 3.63. The van der Waals surface area contributed by atoms with Gasteiger partial charge in [0, 0.05) is 0 Å². The van der Waals surface area contributed by atoms with Crippen molar-refractivity contribution in [3.63, 3.8) is 0 Å². The minimum Gasteiger partial charge on any atom is -0.271 e. The summed E-state index contributed by atoms with van der Waals surface area (Å²) < 4.78 is 37.3. The molecule has 0 saturated heterocycles. The van der Waals surface area contributed by atoms with Crippen LogP contribution in [0.25, 0.3) is 0 Å². The van der Waals surface area contributed by atoms with Crippen molar-refractivity contribution in [1.29, 1.82) is 0 Å². The molecule has 0 aliphatic heterocycles. The summed E-state index contributed by atoms with van der Waals surface area (Å²) in [5.41, 5.74) is 1.59. The van der Waals surface area contributed by atoms with E-state index in [2.05, 4.69) is 0 Å². The maximum atomic E-state index is 12.4. The van der Waals surface area contributed by atoms with Crippen LogP contribution in [0.4, 0.5) is 13.2 Å². The van der Waals surface area contributed by atoms with Crippen LogP contribution < -0.4 is 11.3 Å². The first-order valence-corrected chi connectivity index (χ1v) is 4.59. The molecule has 0 unspecified atom stereocenters. The average Bonchev–Trinajstić information content (AvgIpc) is 2.10. The Morgan fingerprint density at radius 3 is 2.20 bits per heavy atom. The molecule has 0 saturated carbocycles. The standard InChI is InChI=1S/C8H7Cl2F3N2/c9-5-2-1-4(3-6(5)10)7(15-14)8(11,12)13/h1-3,7,15H,14H2/t7-/m0/s1. The first-order valence-electron chi connectivity index (χ1n) is 3.84. The molecule has 1 aromatic rings. The lowest BCUT2D eigenvalue weighted by molar-refractivity contribution is -0.157. The van der Waals surface area contributed by atoms with E-state index in [1.54, 1.807) is 5.43 Å². The normalized spacial score (nSPS) is 14.0. The lowest BCUT2D eigenvalue weighted by Gasteiger charge is -2.19. The summed E-state index contributed by atoms with van der Waals surface area (Å²) in [6.45, 7) is 0. The molecule has 0 aliphatic carbocycles. The summed E-state index contributed by atoms with van der Waals surface area (Å²) in [6.07, 6.45) is -4.48. The molecular formula is C8H7Cl2F3N2. The van der Waals surface area contributed by atoms with Crippen molar-refractivity contribution in [2.45, 2.75) is 12.2 Å². The third-order valence-corrected chi connectivity index (χ3v) is 2.51. The van der Waals surface area contributed by atoms with Crippen molar-refractivity contribution >= 4 is 23.2 Å². The lowest BCUT2D eigenvalue weighted by Crippen LogP contribution is -2.38. The summed E-state index contributed by atoms with van der Waals surface area (Å²) in [7, 11) is 0. The molecule has 84 valence electrons. The molecule has 7 heteroatoms. The molecule has 0 radical (unpaired) electrons. The largest absolute Gasteiger partial charge is 0.409 e. The fourth-order valence-corrected chi connectivity index (χ4v) is 1.38. The van der Waals surface area contributed by atoms with Gasteiger partial charge in [-0.15, -0.1) is 0 Å². The van der Waals surface area contributed by atoms with E-state index >= 15 is 0 Å². The van der Waals surface area contributed by atoms with Gasteiger partial charge in [0.1, 0.15) is 6.04 Å². The van der Waals surface area contributed by atoms with Gasteiger partial charge >= 0.3 is 6.18 Å². The minimum atomic E-state index is -4.48. The molecule has 0 aromatic heterocycles. The second-order valence-electron chi connectivity index (χ2n) is 2.81. The first kappa shape index (κ1) is 12.6. The highest BCUT2D eigenvalue weighted by atomic mass is 35.5. The Hall–Kier alpha value is -0.490. The molecule has 0 bridgehead atoms. The maximum Gasteiger partial charge on any atom is 0.409 e. The van der Waals surface area contributed by atoms with Gasteiger partial charge in [-0.1, -0.05) is 29.3 Å². The van der Waals surface area contributed by atoms with E-state index in [1.165, 1.54) is 12.1 Å². The summed E-state index contributed by atoms with van der Waals surface area (Å²) in [5.74, 6) is 4.83. The number of nitrogens with one attached hydrogen (secondary N) is 1. The van der Waals surface area contributed by atoms with E-state index in [1.807, 2.05) is 0 Å². The third-order valence-electron chi connectivity index (χ3n) is 1.77. The Morgan fingerprint density at radius 2 is 1.80 bits per heavy atom. The highest BCUT2D eigenvalue weighted by Crippen LogP contribution is 2.34. The summed E-state index contributed by atoms with van der Waals surface area (Å²) in [6, 6.07) is 1.68. The van der Waals surface area contributed by atoms with Crippen LogP contribution in [0.5, 0.6) is 0 Å². The topological polar surface area (TPSA) is 38.0 Å². The predicted octanol–water partition coefficient (Wildman–Crippen LogP) is 3.06. The molecular weight excluding hydrogens is 252 g/mol. The van der Waals surface area contributed by atoms with Gasteiger partial charge in [0.2, 0.25) is 0 Å². The van der Waals surface area contributed by atoms with Gasteiger partial charge in [0.25, 0.3) is 0 Å². The molecule has 0 aliphatic rings. The Labute approximate surface area is 94.1 Å². The highest BCUT2D eigenvalue weighted by molar-refractivity contribution is 6.42. The van der Waals surface area contributed by atoms with Gasteiger partial charge in [-0.2, -0.15) is 13.2 Å². The molecule has 15 heavy (non-hydrogen) atoms. The van der Waals surface area contributed by atoms with E-state index < -0.39 is 12.2 Å². The average molecular weight is 259 g/mol. The molecule has 1 atom stereocenters. The predicted molar refractivity (Wildman–Crippen MR) is 52.6 cm³/mol. The van der Waals surface area contributed by atoms with Crippen molar-refractivity contribution in [3.05, 3.63) is 33.8 Å². The van der Waals surface area contributed by atoms with Crippen molar-refractivity contribution in [3.8, 4) is 0 Å². The van der Waals surface area contributed by atoms with Crippen LogP contribution >= 0.6 is 23.2 Å². The van der Waals surface area contributed by atoms with E-state index in [-0.39, 0.29) is 15.6 Å². The molecule has 0 amide bonds. The molecule has 0 fully saturated rings. The minimum absolute atomic E-state index is 0.0543. The van der Waals surface area contributed by atoms with E-state index in [0.717, 1.165) is 6.07 Å². The number of halogens is 5. The number of nitrogens with two attached hydrogens (primary N) is 1. The Balaban J connectivity index is 3.08. The Morgan fingerprint density at radius 1 is 1.20 bits per heavy atom. The van der Waals surface area contributed by atoms with Gasteiger partial charge in [-0.25, -0.2) is 5.43 Å². The van der Waals surface area contributed by atoms with Crippen molar-refractivity contribution in [1.82, 2.24) is 5.43 Å². The van der Waals surface area contributed by atoms with Gasteiger partial charge in [0.15, 0.2) is 0 Å². The smallest absolute Gasteiger partial charge is 0.271 e. The van der Waals surface area contributed by atoms with Gasteiger partial charge in [-0.3, -0.25) is 5.84 Å². The van der Waals surface area contributed by atoms with Crippen LogP contribution in [0.2, 0.25) is 10.0 Å². The third kappa shape index (κ3) is 2.98. The van der Waals surface area contributed by atoms with Crippen molar-refractivity contribution in [2.75, 3.05) is 0 Å². The zero-order valence-corrected chi connectivity index (χ0v) is 8.79. The van der Waals surface area contributed by atoms with Crippen molar-refractivity contribution in [2.24, 2.45) is 5.84 Å². The molecule has 2 nitrogen and oxygen atoms in total. The number of hydrogen-bond acceptors (Lipinski definition) is 2. The molecule has 0 heterocycles. The van der Waals surface area contributed by atoms with Crippen LogP contribution in [-0.4, -0.2) is 6.18 Å². The number of benzene rings is 1. The summed E-state index contributed by atoms with van der Waals surface area (Å²) >= 11 is 11.2. The quantitative estimate of drug-likeness (QED) is 0.632. The van der Waals surface area contributed by atoms with Crippen LogP contribution in [0.1, 0.15) is 11.6 Å². The number of rotatable bonds is 2. The second kappa shape index (κ2) is 4.57. The van der Waals surface area contributed by atoms with Crippen LogP contribution in [-0.2, 0) is 0 Å². The Kier molecular flexibility index (Phi) is 3.83. The maximum absolute atomic E-state index is 12.4. The molecule has 3 N–H and O–H groups in total. The van der Waals surface area contributed by atoms with E-state index in [9.17, 15) is 13.2 Å². The van der Waals surface area contributed by atoms with E-state index in [0.29, 0.717) is 0 Å². The summed E-state index contributed by atoms with van der Waals surface area (Å²) in [4.78, 5) is 0. The first-order chi connectivity index (χ1) is 6.86. The van der Waals surface area contributed by atoms with Gasteiger partial charge in [-0.05, 0) is 17.7 Å². The van der Waals surface area contributed by atoms with Crippen LogP contribution in [0.3, 0.4) is 0 Å². The summed E-state index contributed by atoms with van der Waals surface area (Å²) in [5, 5.41) is 0.247. The zero-order valence-electron chi connectivity index (χ0n) is 7.28. The SMILES string of the molecule is NN[C@@H](c1ccc(Cl)c(Cl)c1)C(F)(F)F. The van der Waals surface area contributed by atoms with Gasteiger partial charge < -0.3 is 0 Å². The fourth-order valence-electron chi connectivity index (χ4n) is 1.07. The number of alkyl halides is 3. The molecule has 0 spiro atoms. The van der Waals surface area contributed by atoms with Crippen LogP contribution in [0.15, 0.2) is 18.2 Å². The highest BCUT2D eigenvalue weighted by Gasteiger charge is 2.40. The zero-order chi connectivity index (χ0) is 11.6. The van der Waals surface area contributed by atoms with Crippen molar-refractivity contribution < 1.29 is 13.2 Å². The monoisotopic (exact) mass is 258 g/mol. The van der Waals surface area contributed by atoms with Crippen LogP contribution in [0, 0.1) is 0 Å². The van der Waals surface area contributed by atoms with E-state index in [4.69, 9.17) is 29.0 Å². The Bertz CT molecular complexity index is 354. The molecule has 1 rings (SSSR count).